The number of thiazole rings is 1. The van der Waals surface area contributed by atoms with E-state index in [1.54, 1.807) is 13.8 Å². The Labute approximate surface area is 177 Å². The Kier molecular flexibility index (Phi) is 5.22. The van der Waals surface area contributed by atoms with Crippen molar-refractivity contribution in [2.24, 2.45) is 4.99 Å². The minimum absolute atomic E-state index is 0.181. The van der Waals surface area contributed by atoms with Crippen molar-refractivity contribution in [2.75, 3.05) is 6.61 Å². The van der Waals surface area contributed by atoms with E-state index >= 15 is 0 Å². The lowest BCUT2D eigenvalue weighted by atomic mass is 10.0. The topological polar surface area (TPSA) is 117 Å². The van der Waals surface area contributed by atoms with Crippen molar-refractivity contribution >= 4 is 40.6 Å². The highest BCUT2D eigenvalue weighted by Gasteiger charge is 2.33. The van der Waals surface area contributed by atoms with Crippen LogP contribution < -0.4 is 14.9 Å². The number of carbonyl (C=O) groups is 1. The first kappa shape index (κ1) is 20.0. The van der Waals surface area contributed by atoms with Crippen molar-refractivity contribution in [3.8, 4) is 0 Å². The maximum absolute atomic E-state index is 13.2. The fourth-order valence-electron chi connectivity index (χ4n) is 3.15. The van der Waals surface area contributed by atoms with E-state index in [0.29, 0.717) is 16.1 Å². The monoisotopic (exact) mass is 445 g/mol. The summed E-state index contributed by atoms with van der Waals surface area (Å²) in [5.74, 6) is -0.750. The van der Waals surface area contributed by atoms with Crippen LogP contribution in [0.25, 0.3) is 6.08 Å². The Morgan fingerprint density at radius 2 is 2.23 bits per heavy atom. The van der Waals surface area contributed by atoms with Crippen LogP contribution in [-0.2, 0) is 9.53 Å². The Morgan fingerprint density at radius 1 is 1.43 bits per heavy atom. The molecule has 0 unspecified atom stereocenters. The molecule has 0 fully saturated rings. The third kappa shape index (κ3) is 3.42. The second-order valence-electron chi connectivity index (χ2n) is 6.25. The smallest absolute Gasteiger partial charge is 0.433 e. The molecule has 4 rings (SSSR count). The van der Waals surface area contributed by atoms with Gasteiger partial charge in [0.25, 0.3) is 5.56 Å². The lowest BCUT2D eigenvalue weighted by molar-refractivity contribution is -0.402. The fraction of sp³-hybridized carbons (Fsp3) is 0.211. The van der Waals surface area contributed by atoms with Crippen LogP contribution in [0.1, 0.15) is 30.5 Å². The fourth-order valence-corrected chi connectivity index (χ4v) is 5.00. The molecule has 30 heavy (non-hydrogen) atoms. The van der Waals surface area contributed by atoms with Crippen LogP contribution >= 0.6 is 22.7 Å². The summed E-state index contributed by atoms with van der Waals surface area (Å²) in [5.41, 5.74) is 0.422. The van der Waals surface area contributed by atoms with Crippen LogP contribution in [0.5, 0.6) is 0 Å². The quantitative estimate of drug-likeness (QED) is 0.338. The Balaban J connectivity index is 1.91. The molecule has 0 bridgehead atoms. The first-order valence-corrected chi connectivity index (χ1v) is 10.6. The molecular formula is C19H15N3O6S2. The van der Waals surface area contributed by atoms with Gasteiger partial charge in [-0.1, -0.05) is 17.4 Å². The number of aromatic nitrogens is 1. The number of carbonyl (C=O) groups excluding carboxylic acids is 1. The molecule has 0 radical (unpaired) electrons. The van der Waals surface area contributed by atoms with Gasteiger partial charge in [0.1, 0.15) is 16.7 Å². The molecule has 0 saturated heterocycles. The molecular weight excluding hydrogens is 430 g/mol. The minimum atomic E-state index is -0.659. The molecule has 0 aliphatic carbocycles. The molecule has 0 saturated carbocycles. The first-order chi connectivity index (χ1) is 14.4. The van der Waals surface area contributed by atoms with Gasteiger partial charge in [-0.3, -0.25) is 19.5 Å². The van der Waals surface area contributed by atoms with Gasteiger partial charge in [0.05, 0.1) is 28.5 Å². The van der Waals surface area contributed by atoms with Crippen LogP contribution in [0.4, 0.5) is 5.88 Å². The summed E-state index contributed by atoms with van der Waals surface area (Å²) in [5, 5.41) is 12.7. The SMILES string of the molecule is CCOC(=O)C1=C(C)N=c2s/c(=C\c3ccc([N+](=O)[O-])o3)c(=O)n2[C@H]1c1cccs1. The number of hydrogen-bond donors (Lipinski definition) is 0. The predicted octanol–water partition coefficient (Wildman–Crippen LogP) is 2.36. The molecule has 0 N–H and O–H groups in total. The van der Waals surface area contributed by atoms with E-state index in [4.69, 9.17) is 9.15 Å². The van der Waals surface area contributed by atoms with Crippen LogP contribution in [0.2, 0.25) is 0 Å². The molecule has 3 aromatic heterocycles. The van der Waals surface area contributed by atoms with Crippen molar-refractivity contribution in [1.82, 2.24) is 4.57 Å². The summed E-state index contributed by atoms with van der Waals surface area (Å²) in [7, 11) is 0. The zero-order valence-corrected chi connectivity index (χ0v) is 17.5. The number of esters is 1. The number of thiophene rings is 1. The average molecular weight is 445 g/mol. The Hall–Kier alpha value is -3.31. The van der Waals surface area contributed by atoms with E-state index in [1.807, 2.05) is 17.5 Å². The van der Waals surface area contributed by atoms with Gasteiger partial charge >= 0.3 is 11.9 Å². The molecule has 9 nitrogen and oxygen atoms in total. The zero-order chi connectivity index (χ0) is 21.4. The summed E-state index contributed by atoms with van der Waals surface area (Å²) >= 11 is 2.54. The minimum Gasteiger partial charge on any atom is -0.463 e. The van der Waals surface area contributed by atoms with E-state index in [9.17, 15) is 19.7 Å². The van der Waals surface area contributed by atoms with Crippen LogP contribution in [0, 0.1) is 10.1 Å². The van der Waals surface area contributed by atoms with Gasteiger partial charge in [-0.25, -0.2) is 9.79 Å². The maximum Gasteiger partial charge on any atom is 0.433 e. The second kappa shape index (κ2) is 7.84. The first-order valence-electron chi connectivity index (χ1n) is 8.88. The van der Waals surface area contributed by atoms with E-state index in [1.165, 1.54) is 34.1 Å². The Morgan fingerprint density at radius 3 is 2.87 bits per heavy atom. The van der Waals surface area contributed by atoms with Crippen LogP contribution in [0.3, 0.4) is 0 Å². The van der Waals surface area contributed by atoms with Gasteiger partial charge in [0, 0.05) is 11.0 Å². The summed E-state index contributed by atoms with van der Waals surface area (Å²) in [4.78, 5) is 41.8. The van der Waals surface area contributed by atoms with Crippen molar-refractivity contribution in [1.29, 1.82) is 0 Å². The molecule has 11 heteroatoms. The van der Waals surface area contributed by atoms with Gasteiger partial charge in [0.2, 0.25) is 0 Å². The molecule has 0 aromatic carbocycles. The lowest BCUT2D eigenvalue weighted by Gasteiger charge is -2.23. The summed E-state index contributed by atoms with van der Waals surface area (Å²) in [6.07, 6.45) is 1.44. The molecule has 154 valence electrons. The number of ether oxygens (including phenoxy) is 1. The highest BCUT2D eigenvalue weighted by molar-refractivity contribution is 7.10. The molecule has 1 aliphatic heterocycles. The van der Waals surface area contributed by atoms with E-state index < -0.39 is 22.8 Å². The Bertz CT molecular complexity index is 1340. The third-order valence-electron chi connectivity index (χ3n) is 4.40. The number of hydrogen-bond acceptors (Lipinski definition) is 9. The highest BCUT2D eigenvalue weighted by atomic mass is 32.1. The zero-order valence-electron chi connectivity index (χ0n) is 15.9. The number of nitro groups is 1. The molecule has 4 heterocycles. The van der Waals surface area contributed by atoms with E-state index in [-0.39, 0.29) is 22.5 Å². The number of allylic oxidation sites excluding steroid dienone is 1. The van der Waals surface area contributed by atoms with Gasteiger partial charge in [0.15, 0.2) is 4.80 Å². The molecule has 1 aliphatic rings. The standard InChI is InChI=1S/C19H15N3O6S2/c1-3-27-18(24)15-10(2)20-19-21(16(15)12-5-4-8-29-12)17(23)13(30-19)9-11-6-7-14(28-11)22(25)26/h4-9,16H,3H2,1-2H3/b13-9-/t16-/m0/s1. The molecule has 0 spiro atoms. The van der Waals surface area contributed by atoms with Gasteiger partial charge < -0.3 is 9.15 Å². The average Bonchev–Trinajstić information content (AvgIpc) is 3.43. The van der Waals surface area contributed by atoms with Gasteiger partial charge in [-0.05, 0) is 31.4 Å². The number of furan rings is 1. The number of fused-ring (bicyclic) bond motifs is 1. The van der Waals surface area contributed by atoms with Crippen molar-refractivity contribution in [3.05, 3.63) is 81.4 Å². The van der Waals surface area contributed by atoms with Crippen LogP contribution in [0.15, 0.2) is 55.1 Å². The predicted molar refractivity (Wildman–Crippen MR) is 110 cm³/mol. The second-order valence-corrected chi connectivity index (χ2v) is 8.24. The molecule has 1 atom stereocenters. The summed E-state index contributed by atoms with van der Waals surface area (Å²) in [6, 6.07) is 5.67. The van der Waals surface area contributed by atoms with E-state index in [0.717, 1.165) is 16.2 Å². The van der Waals surface area contributed by atoms with Gasteiger partial charge in [-0.2, -0.15) is 0 Å². The van der Waals surface area contributed by atoms with Crippen molar-refractivity contribution in [2.45, 2.75) is 19.9 Å². The van der Waals surface area contributed by atoms with E-state index in [2.05, 4.69) is 4.99 Å². The third-order valence-corrected chi connectivity index (χ3v) is 6.30. The highest BCUT2D eigenvalue weighted by Crippen LogP contribution is 2.33. The normalized spacial score (nSPS) is 16.3. The maximum atomic E-state index is 13.2. The lowest BCUT2D eigenvalue weighted by Crippen LogP contribution is -2.39. The van der Waals surface area contributed by atoms with Gasteiger partial charge in [-0.15, -0.1) is 11.3 Å². The van der Waals surface area contributed by atoms with Crippen molar-refractivity contribution < 1.29 is 18.9 Å². The largest absolute Gasteiger partial charge is 0.463 e. The summed E-state index contributed by atoms with van der Waals surface area (Å²) < 4.78 is 12.1. The number of rotatable bonds is 5. The summed E-state index contributed by atoms with van der Waals surface area (Å²) in [6.45, 7) is 3.63. The molecule has 3 aromatic rings. The van der Waals surface area contributed by atoms with Crippen LogP contribution in [-0.4, -0.2) is 22.1 Å². The van der Waals surface area contributed by atoms with Crippen molar-refractivity contribution in [3.63, 3.8) is 0 Å². The number of nitrogens with zero attached hydrogens (tertiary/aromatic N) is 3. The molecule has 0 amide bonds.